The molecule has 0 saturated heterocycles. The lowest BCUT2D eigenvalue weighted by Gasteiger charge is -2.13. The zero-order valence-electron chi connectivity index (χ0n) is 10.6. The molecule has 0 amide bonds. The van der Waals surface area contributed by atoms with Crippen molar-refractivity contribution in [2.45, 2.75) is 0 Å². The minimum absolute atomic E-state index is 0.0641. The number of hydrogen-bond acceptors (Lipinski definition) is 7. The van der Waals surface area contributed by atoms with E-state index in [1.165, 1.54) is 26.0 Å². The smallest absolute Gasteiger partial charge is 0.257 e. The molecule has 0 aliphatic carbocycles. The molecule has 0 saturated carbocycles. The number of aromatic nitrogens is 4. The van der Waals surface area contributed by atoms with E-state index in [0.717, 1.165) is 0 Å². The van der Waals surface area contributed by atoms with E-state index in [1.807, 2.05) is 6.07 Å². The van der Waals surface area contributed by atoms with Crippen LogP contribution in [0.4, 0.5) is 0 Å². The minimum Gasteiger partial charge on any atom is -0.493 e. The highest BCUT2D eigenvalue weighted by molar-refractivity contribution is 5.58. The Labute approximate surface area is 109 Å². The van der Waals surface area contributed by atoms with Crippen molar-refractivity contribution in [2.75, 3.05) is 21.3 Å². The van der Waals surface area contributed by atoms with E-state index in [2.05, 4.69) is 15.5 Å². The van der Waals surface area contributed by atoms with E-state index in [0.29, 0.717) is 22.9 Å². The molecule has 0 aliphatic heterocycles. The van der Waals surface area contributed by atoms with Gasteiger partial charge in [-0.05, 0) is 10.4 Å². The molecule has 98 valence electrons. The second kappa shape index (κ2) is 5.22. The Bertz CT molecular complexity index is 606. The average Bonchev–Trinajstić information content (AvgIpc) is 2.93. The van der Waals surface area contributed by atoms with Gasteiger partial charge in [0.2, 0.25) is 5.75 Å². The molecule has 0 spiro atoms. The lowest BCUT2D eigenvalue weighted by Crippen LogP contribution is -2.03. The van der Waals surface area contributed by atoms with Gasteiger partial charge in [-0.1, -0.05) is 5.10 Å². The van der Waals surface area contributed by atoms with Crippen LogP contribution < -0.4 is 14.2 Å². The molecule has 8 nitrogen and oxygen atoms in total. The zero-order chi connectivity index (χ0) is 13.8. The lowest BCUT2D eigenvalue weighted by molar-refractivity contribution is 0.324. The molecule has 2 rings (SSSR count). The molecule has 0 aliphatic rings. The zero-order valence-corrected chi connectivity index (χ0v) is 10.6. The summed E-state index contributed by atoms with van der Waals surface area (Å²) in [5.74, 6) is 1.43. The first-order valence-corrected chi connectivity index (χ1v) is 5.24. The van der Waals surface area contributed by atoms with E-state index in [4.69, 9.17) is 19.5 Å². The molecule has 0 unspecified atom stereocenters. The molecule has 8 heteroatoms. The second-order valence-corrected chi connectivity index (χ2v) is 3.41. The van der Waals surface area contributed by atoms with E-state index in [9.17, 15) is 0 Å². The summed E-state index contributed by atoms with van der Waals surface area (Å²) in [6.45, 7) is 0. The third-order valence-electron chi connectivity index (χ3n) is 2.46. The number of methoxy groups -OCH3 is 3. The summed E-state index contributed by atoms with van der Waals surface area (Å²) in [7, 11) is 4.52. The van der Waals surface area contributed by atoms with E-state index >= 15 is 0 Å². The van der Waals surface area contributed by atoms with Crippen molar-refractivity contribution in [3.05, 3.63) is 18.0 Å². The van der Waals surface area contributed by atoms with Crippen molar-refractivity contribution in [2.24, 2.45) is 0 Å². The van der Waals surface area contributed by atoms with Gasteiger partial charge >= 0.3 is 0 Å². The molecule has 0 N–H and O–H groups in total. The van der Waals surface area contributed by atoms with Crippen molar-refractivity contribution < 1.29 is 14.2 Å². The van der Waals surface area contributed by atoms with Crippen LogP contribution in [0.2, 0.25) is 0 Å². The maximum Gasteiger partial charge on any atom is 0.257 e. The highest BCUT2D eigenvalue weighted by atomic mass is 16.5. The summed E-state index contributed by atoms with van der Waals surface area (Å²) < 4.78 is 16.9. The van der Waals surface area contributed by atoms with Crippen LogP contribution in [-0.2, 0) is 0 Å². The van der Waals surface area contributed by atoms with E-state index in [-0.39, 0.29) is 5.82 Å². The van der Waals surface area contributed by atoms with Gasteiger partial charge in [-0.2, -0.15) is 9.94 Å². The van der Waals surface area contributed by atoms with E-state index in [1.54, 1.807) is 12.1 Å². The molecule has 1 heterocycles. The fourth-order valence-electron chi connectivity index (χ4n) is 1.62. The summed E-state index contributed by atoms with van der Waals surface area (Å²) in [5, 5.41) is 19.7. The Morgan fingerprint density at radius 3 is 2.21 bits per heavy atom. The maximum atomic E-state index is 8.92. The first-order chi connectivity index (χ1) is 9.24. The summed E-state index contributed by atoms with van der Waals surface area (Å²) in [4.78, 5) is 0. The first-order valence-electron chi connectivity index (χ1n) is 5.24. The Morgan fingerprint density at radius 2 is 1.74 bits per heavy atom. The SMILES string of the molecule is COc1cc(-n2nnnc2C#N)cc(OC)c1OC. The number of rotatable bonds is 4. The Kier molecular flexibility index (Phi) is 3.47. The number of nitrogens with zero attached hydrogens (tertiary/aromatic N) is 5. The summed E-state index contributed by atoms with van der Waals surface area (Å²) in [6, 6.07) is 5.19. The predicted molar refractivity (Wildman–Crippen MR) is 63.5 cm³/mol. The standard InChI is InChI=1S/C11H11N5O3/c1-17-8-4-7(5-9(18-2)11(8)19-3)16-10(6-12)13-14-15-16/h4-5H,1-3H3. The summed E-state index contributed by atoms with van der Waals surface area (Å²) in [5.41, 5.74) is 0.538. The largest absolute Gasteiger partial charge is 0.493 e. The van der Waals surface area contributed by atoms with Gasteiger partial charge in [0.05, 0.1) is 27.0 Å². The maximum absolute atomic E-state index is 8.92. The molecule has 2 aromatic rings. The van der Waals surface area contributed by atoms with Crippen molar-refractivity contribution >= 4 is 0 Å². The second-order valence-electron chi connectivity index (χ2n) is 3.41. The fourth-order valence-corrected chi connectivity index (χ4v) is 1.62. The van der Waals surface area contributed by atoms with E-state index < -0.39 is 0 Å². The van der Waals surface area contributed by atoms with Crippen LogP contribution in [0, 0.1) is 11.3 Å². The van der Waals surface area contributed by atoms with Crippen LogP contribution in [0.5, 0.6) is 17.2 Å². The van der Waals surface area contributed by atoms with Crippen LogP contribution in [0.25, 0.3) is 5.69 Å². The molecule has 0 bridgehead atoms. The number of hydrogen-bond donors (Lipinski definition) is 0. The number of tetrazole rings is 1. The van der Waals surface area contributed by atoms with Crippen molar-refractivity contribution in [1.29, 1.82) is 5.26 Å². The summed E-state index contributed by atoms with van der Waals surface area (Å²) >= 11 is 0. The lowest BCUT2D eigenvalue weighted by atomic mass is 10.2. The number of nitriles is 1. The van der Waals surface area contributed by atoms with Crippen molar-refractivity contribution in [1.82, 2.24) is 20.2 Å². The number of ether oxygens (including phenoxy) is 3. The monoisotopic (exact) mass is 261 g/mol. The van der Waals surface area contributed by atoms with Crippen LogP contribution in [0.3, 0.4) is 0 Å². The predicted octanol–water partition coefficient (Wildman–Crippen LogP) is 0.560. The van der Waals surface area contributed by atoms with Gasteiger partial charge in [-0.3, -0.25) is 0 Å². The Morgan fingerprint density at radius 1 is 1.11 bits per heavy atom. The van der Waals surface area contributed by atoms with Crippen molar-refractivity contribution in [3.8, 4) is 29.0 Å². The molecule has 1 aromatic carbocycles. The van der Waals surface area contributed by atoms with Gasteiger partial charge in [0.25, 0.3) is 5.82 Å². The van der Waals surface area contributed by atoms with Gasteiger partial charge in [0, 0.05) is 12.1 Å². The molecule has 1 aromatic heterocycles. The van der Waals surface area contributed by atoms with Gasteiger partial charge in [0.15, 0.2) is 11.5 Å². The molecule has 19 heavy (non-hydrogen) atoms. The topological polar surface area (TPSA) is 95.1 Å². The molecular weight excluding hydrogens is 250 g/mol. The van der Waals surface area contributed by atoms with Crippen molar-refractivity contribution in [3.63, 3.8) is 0 Å². The average molecular weight is 261 g/mol. The number of benzene rings is 1. The Hall–Kier alpha value is -2.82. The molecule has 0 radical (unpaired) electrons. The summed E-state index contributed by atoms with van der Waals surface area (Å²) in [6.07, 6.45) is 0. The minimum atomic E-state index is 0.0641. The Balaban J connectivity index is 2.63. The first kappa shape index (κ1) is 12.6. The van der Waals surface area contributed by atoms with Crippen LogP contribution >= 0.6 is 0 Å². The van der Waals surface area contributed by atoms with Crippen LogP contribution in [0.1, 0.15) is 5.82 Å². The molecule has 0 atom stereocenters. The highest BCUT2D eigenvalue weighted by Gasteiger charge is 2.16. The van der Waals surface area contributed by atoms with Gasteiger partial charge in [-0.15, -0.1) is 0 Å². The van der Waals surface area contributed by atoms with Gasteiger partial charge < -0.3 is 14.2 Å². The molecular formula is C11H11N5O3. The normalized spacial score (nSPS) is 9.79. The fraction of sp³-hybridized carbons (Fsp3) is 0.273. The quantitative estimate of drug-likeness (QED) is 0.793. The highest BCUT2D eigenvalue weighted by Crippen LogP contribution is 2.39. The third-order valence-corrected chi connectivity index (χ3v) is 2.46. The molecule has 0 fully saturated rings. The van der Waals surface area contributed by atoms with Crippen LogP contribution in [0.15, 0.2) is 12.1 Å². The van der Waals surface area contributed by atoms with Gasteiger partial charge in [-0.25, -0.2) is 0 Å². The van der Waals surface area contributed by atoms with Crippen LogP contribution in [-0.4, -0.2) is 41.5 Å². The van der Waals surface area contributed by atoms with Gasteiger partial charge in [0.1, 0.15) is 6.07 Å². The third kappa shape index (κ3) is 2.13.